The van der Waals surface area contributed by atoms with Gasteiger partial charge in [0.15, 0.2) is 0 Å². The predicted molar refractivity (Wildman–Crippen MR) is 61.6 cm³/mol. The molecule has 1 aromatic carbocycles. The number of aliphatic imine (C=N–C) groups is 1. The van der Waals surface area contributed by atoms with Gasteiger partial charge in [0.25, 0.3) is 0 Å². The average molecular weight is 187 g/mol. The van der Waals surface area contributed by atoms with Gasteiger partial charge in [-0.05, 0) is 55.9 Å². The highest BCUT2D eigenvalue weighted by atomic mass is 14.8. The first kappa shape index (κ1) is 9.45. The van der Waals surface area contributed by atoms with E-state index in [-0.39, 0.29) is 0 Å². The fourth-order valence-electron chi connectivity index (χ4n) is 1.91. The molecule has 1 aliphatic heterocycles. The second-order valence-corrected chi connectivity index (χ2v) is 4.42. The van der Waals surface area contributed by atoms with Crippen LogP contribution >= 0.6 is 0 Å². The van der Waals surface area contributed by atoms with Crippen molar-refractivity contribution in [2.75, 3.05) is 0 Å². The molecule has 1 unspecified atom stereocenters. The highest BCUT2D eigenvalue weighted by molar-refractivity contribution is 5.89. The van der Waals surface area contributed by atoms with Crippen LogP contribution in [0.1, 0.15) is 30.5 Å². The van der Waals surface area contributed by atoms with Crippen molar-refractivity contribution >= 4 is 11.4 Å². The molecule has 74 valence electrons. The Balaban J connectivity index is 2.55. The summed E-state index contributed by atoms with van der Waals surface area (Å²) in [6.45, 7) is 8.70. The van der Waals surface area contributed by atoms with Crippen molar-refractivity contribution < 1.29 is 0 Å². The van der Waals surface area contributed by atoms with Crippen LogP contribution in [0.5, 0.6) is 0 Å². The summed E-state index contributed by atoms with van der Waals surface area (Å²) in [6.07, 6.45) is 1.14. The van der Waals surface area contributed by atoms with Crippen molar-refractivity contribution in [3.05, 3.63) is 28.8 Å². The monoisotopic (exact) mass is 187 g/mol. The first-order valence-corrected chi connectivity index (χ1v) is 5.23. The topological polar surface area (TPSA) is 12.4 Å². The van der Waals surface area contributed by atoms with E-state index in [1.807, 2.05) is 0 Å². The molecule has 0 fully saturated rings. The normalized spacial score (nSPS) is 20.3. The Hall–Kier alpha value is -1.11. The number of hydrogen-bond donors (Lipinski definition) is 0. The maximum absolute atomic E-state index is 4.65. The van der Waals surface area contributed by atoms with Gasteiger partial charge < -0.3 is 0 Å². The molecule has 1 nitrogen and oxygen atoms in total. The van der Waals surface area contributed by atoms with Crippen molar-refractivity contribution in [1.82, 2.24) is 0 Å². The SMILES string of the molecule is CC1=Nc2cc(C)c(C)cc2CC1C. The first-order chi connectivity index (χ1) is 6.58. The molecule has 1 heterocycles. The van der Waals surface area contributed by atoms with Gasteiger partial charge in [-0.25, -0.2) is 0 Å². The highest BCUT2D eigenvalue weighted by Crippen LogP contribution is 2.30. The van der Waals surface area contributed by atoms with Crippen LogP contribution in [0.3, 0.4) is 0 Å². The standard InChI is InChI=1S/C13H17N/c1-8-5-12-6-10(3)11(4)14-13(12)7-9(8)2/h5,7,10H,6H2,1-4H3. The smallest absolute Gasteiger partial charge is 0.0664 e. The predicted octanol–water partition coefficient (Wildman–Crippen LogP) is 3.59. The lowest BCUT2D eigenvalue weighted by Gasteiger charge is -2.20. The fourth-order valence-corrected chi connectivity index (χ4v) is 1.91. The Morgan fingerprint density at radius 3 is 2.50 bits per heavy atom. The van der Waals surface area contributed by atoms with Crippen LogP contribution in [0.2, 0.25) is 0 Å². The molecule has 0 N–H and O–H groups in total. The van der Waals surface area contributed by atoms with Gasteiger partial charge in [-0.3, -0.25) is 4.99 Å². The average Bonchev–Trinajstić information content (AvgIpc) is 2.11. The molecule has 0 saturated carbocycles. The molecule has 2 rings (SSSR count). The Kier molecular flexibility index (Phi) is 2.18. The third kappa shape index (κ3) is 1.47. The number of nitrogens with zero attached hydrogens (tertiary/aromatic N) is 1. The second-order valence-electron chi connectivity index (χ2n) is 4.42. The number of rotatable bonds is 0. The Morgan fingerprint density at radius 1 is 1.14 bits per heavy atom. The molecule has 0 bridgehead atoms. The number of benzene rings is 1. The molecule has 0 saturated heterocycles. The summed E-state index contributed by atoms with van der Waals surface area (Å²) < 4.78 is 0. The van der Waals surface area contributed by atoms with E-state index in [1.165, 1.54) is 28.1 Å². The number of hydrogen-bond acceptors (Lipinski definition) is 1. The van der Waals surface area contributed by atoms with Gasteiger partial charge >= 0.3 is 0 Å². The van der Waals surface area contributed by atoms with E-state index in [0.29, 0.717) is 5.92 Å². The molecule has 0 aromatic heterocycles. The van der Waals surface area contributed by atoms with E-state index >= 15 is 0 Å². The van der Waals surface area contributed by atoms with Gasteiger partial charge in [-0.2, -0.15) is 0 Å². The van der Waals surface area contributed by atoms with Gasteiger partial charge in [0.2, 0.25) is 0 Å². The minimum Gasteiger partial charge on any atom is -0.258 e. The van der Waals surface area contributed by atoms with E-state index in [1.54, 1.807) is 0 Å². The Labute approximate surface area is 85.9 Å². The van der Waals surface area contributed by atoms with Crippen LogP contribution in [0.15, 0.2) is 17.1 Å². The second kappa shape index (κ2) is 3.23. The van der Waals surface area contributed by atoms with Crippen molar-refractivity contribution in [3.8, 4) is 0 Å². The van der Waals surface area contributed by atoms with Crippen molar-refractivity contribution in [3.63, 3.8) is 0 Å². The highest BCUT2D eigenvalue weighted by Gasteiger charge is 2.16. The minimum atomic E-state index is 0.601. The summed E-state index contributed by atoms with van der Waals surface area (Å²) >= 11 is 0. The van der Waals surface area contributed by atoms with Gasteiger partial charge in [0.1, 0.15) is 0 Å². The van der Waals surface area contributed by atoms with E-state index in [0.717, 1.165) is 6.42 Å². The maximum atomic E-state index is 4.65. The number of aryl methyl sites for hydroxylation is 2. The maximum Gasteiger partial charge on any atom is 0.0664 e. The van der Waals surface area contributed by atoms with Crippen LogP contribution in [0, 0.1) is 19.8 Å². The van der Waals surface area contributed by atoms with Crippen LogP contribution in [0.25, 0.3) is 0 Å². The Morgan fingerprint density at radius 2 is 1.79 bits per heavy atom. The summed E-state index contributed by atoms with van der Waals surface area (Å²) in [5.41, 5.74) is 6.58. The van der Waals surface area contributed by atoms with E-state index in [9.17, 15) is 0 Å². The van der Waals surface area contributed by atoms with Gasteiger partial charge in [-0.15, -0.1) is 0 Å². The molecule has 1 aliphatic rings. The molecule has 0 spiro atoms. The van der Waals surface area contributed by atoms with E-state index in [2.05, 4.69) is 44.8 Å². The van der Waals surface area contributed by atoms with Crippen LogP contribution in [-0.4, -0.2) is 5.71 Å². The molecule has 1 atom stereocenters. The van der Waals surface area contributed by atoms with Crippen LogP contribution in [0.4, 0.5) is 5.69 Å². The summed E-state index contributed by atoms with van der Waals surface area (Å²) in [7, 11) is 0. The molecule has 0 aliphatic carbocycles. The van der Waals surface area contributed by atoms with Crippen LogP contribution < -0.4 is 0 Å². The Bertz CT molecular complexity index is 402. The van der Waals surface area contributed by atoms with Crippen molar-refractivity contribution in [2.45, 2.75) is 34.1 Å². The van der Waals surface area contributed by atoms with Crippen molar-refractivity contribution in [1.29, 1.82) is 0 Å². The lowest BCUT2D eigenvalue weighted by atomic mass is 9.91. The molecule has 0 radical (unpaired) electrons. The quantitative estimate of drug-likeness (QED) is 0.588. The molecule has 1 heteroatoms. The summed E-state index contributed by atoms with van der Waals surface area (Å²) in [5.74, 6) is 0.601. The molecular formula is C13H17N. The first-order valence-electron chi connectivity index (χ1n) is 5.23. The van der Waals surface area contributed by atoms with Crippen LogP contribution in [-0.2, 0) is 6.42 Å². The van der Waals surface area contributed by atoms with E-state index < -0.39 is 0 Å². The van der Waals surface area contributed by atoms with Gasteiger partial charge in [-0.1, -0.05) is 13.0 Å². The molecule has 14 heavy (non-hydrogen) atoms. The lowest BCUT2D eigenvalue weighted by molar-refractivity contribution is 0.749. The summed E-state index contributed by atoms with van der Waals surface area (Å²) in [5, 5.41) is 0. The largest absolute Gasteiger partial charge is 0.258 e. The molecule has 0 amide bonds. The zero-order valence-electron chi connectivity index (χ0n) is 9.39. The van der Waals surface area contributed by atoms with Gasteiger partial charge in [0, 0.05) is 5.71 Å². The lowest BCUT2D eigenvalue weighted by Crippen LogP contribution is -2.14. The summed E-state index contributed by atoms with van der Waals surface area (Å²) in [6, 6.07) is 4.50. The third-order valence-corrected chi connectivity index (χ3v) is 3.23. The third-order valence-electron chi connectivity index (χ3n) is 3.23. The van der Waals surface area contributed by atoms with Crippen molar-refractivity contribution in [2.24, 2.45) is 10.9 Å². The van der Waals surface area contributed by atoms with E-state index in [4.69, 9.17) is 0 Å². The zero-order valence-corrected chi connectivity index (χ0v) is 9.39. The minimum absolute atomic E-state index is 0.601. The molecular weight excluding hydrogens is 170 g/mol. The summed E-state index contributed by atoms with van der Waals surface area (Å²) in [4.78, 5) is 4.65. The zero-order chi connectivity index (χ0) is 10.3. The fraction of sp³-hybridized carbons (Fsp3) is 0.462. The molecule has 1 aromatic rings. The van der Waals surface area contributed by atoms with Gasteiger partial charge in [0.05, 0.1) is 5.69 Å². The number of fused-ring (bicyclic) bond motifs is 1.